The number of likely N-dealkylation sites (tertiary alicyclic amines) is 1. The summed E-state index contributed by atoms with van der Waals surface area (Å²) in [5, 5.41) is 5.96. The van der Waals surface area contributed by atoms with Crippen molar-refractivity contribution in [2.24, 2.45) is 0 Å². The topological polar surface area (TPSA) is 79.9 Å². The average molecular weight is 313 g/mol. The van der Waals surface area contributed by atoms with Gasteiger partial charge in [0, 0.05) is 32.8 Å². The number of urea groups is 1. The molecule has 1 atom stereocenters. The van der Waals surface area contributed by atoms with Gasteiger partial charge in [0.25, 0.3) is 0 Å². The van der Waals surface area contributed by atoms with Crippen LogP contribution in [-0.2, 0) is 14.3 Å². The number of hydrogen-bond donors (Lipinski definition) is 2. The second-order valence-electron chi connectivity index (χ2n) is 5.93. The molecule has 2 fully saturated rings. The minimum absolute atomic E-state index is 0.115. The van der Waals surface area contributed by atoms with Crippen LogP contribution in [0.2, 0.25) is 0 Å². The van der Waals surface area contributed by atoms with E-state index in [4.69, 9.17) is 9.47 Å². The van der Waals surface area contributed by atoms with E-state index in [1.165, 1.54) is 0 Å². The van der Waals surface area contributed by atoms with E-state index >= 15 is 0 Å². The third-order valence-corrected chi connectivity index (χ3v) is 4.20. The number of hydrogen-bond acceptors (Lipinski definition) is 4. The number of amides is 3. The van der Waals surface area contributed by atoms with Gasteiger partial charge in [-0.25, -0.2) is 4.79 Å². The summed E-state index contributed by atoms with van der Waals surface area (Å²) in [6.07, 6.45) is 3.99. The van der Waals surface area contributed by atoms with Crippen LogP contribution in [0.15, 0.2) is 0 Å². The predicted molar refractivity (Wildman–Crippen MR) is 81.6 cm³/mol. The molecule has 7 nitrogen and oxygen atoms in total. The Balaban J connectivity index is 1.64. The zero-order valence-electron chi connectivity index (χ0n) is 13.3. The first-order valence-corrected chi connectivity index (χ1v) is 8.10. The summed E-state index contributed by atoms with van der Waals surface area (Å²) >= 11 is 0. The Hall–Kier alpha value is -1.34. The second-order valence-corrected chi connectivity index (χ2v) is 5.93. The Kier molecular flexibility index (Phi) is 6.92. The van der Waals surface area contributed by atoms with Crippen molar-refractivity contribution in [2.45, 2.75) is 44.2 Å². The third-order valence-electron chi connectivity index (χ3n) is 4.20. The van der Waals surface area contributed by atoms with E-state index in [0.29, 0.717) is 32.7 Å². The lowest BCUT2D eigenvalue weighted by molar-refractivity contribution is -0.133. The first-order chi connectivity index (χ1) is 10.7. The summed E-state index contributed by atoms with van der Waals surface area (Å²) in [5.41, 5.74) is 0. The van der Waals surface area contributed by atoms with Crippen LogP contribution in [0.4, 0.5) is 4.79 Å². The van der Waals surface area contributed by atoms with Gasteiger partial charge >= 0.3 is 6.03 Å². The normalized spacial score (nSPS) is 23.1. The lowest BCUT2D eigenvalue weighted by atomic mass is 10.0. The highest BCUT2D eigenvalue weighted by Crippen LogP contribution is 2.12. The predicted octanol–water partition coefficient (Wildman–Crippen LogP) is 0.492. The lowest BCUT2D eigenvalue weighted by Crippen LogP contribution is -2.52. The van der Waals surface area contributed by atoms with Crippen LogP contribution in [-0.4, -0.2) is 68.9 Å². The summed E-state index contributed by atoms with van der Waals surface area (Å²) in [6, 6.07) is 0.125. The van der Waals surface area contributed by atoms with Crippen LogP contribution < -0.4 is 10.6 Å². The van der Waals surface area contributed by atoms with E-state index < -0.39 is 0 Å². The molecular formula is C15H27N3O4. The van der Waals surface area contributed by atoms with E-state index in [-0.39, 0.29) is 24.0 Å². The average Bonchev–Trinajstić information content (AvgIpc) is 2.54. The quantitative estimate of drug-likeness (QED) is 0.774. The van der Waals surface area contributed by atoms with Gasteiger partial charge in [0.15, 0.2) is 0 Å². The van der Waals surface area contributed by atoms with Crippen molar-refractivity contribution in [3.05, 3.63) is 0 Å². The number of carbonyl (C=O) groups is 2. The molecule has 2 rings (SSSR count). The number of rotatable bonds is 5. The van der Waals surface area contributed by atoms with Crippen LogP contribution in [0.5, 0.6) is 0 Å². The maximum Gasteiger partial charge on any atom is 0.315 e. The van der Waals surface area contributed by atoms with Gasteiger partial charge in [-0.1, -0.05) is 0 Å². The molecule has 0 unspecified atom stereocenters. The number of methoxy groups -OCH3 is 1. The van der Waals surface area contributed by atoms with Crippen molar-refractivity contribution in [2.75, 3.05) is 40.0 Å². The smallest absolute Gasteiger partial charge is 0.315 e. The van der Waals surface area contributed by atoms with Gasteiger partial charge in [-0.3, -0.25) is 4.79 Å². The number of nitrogens with zero attached hydrogens (tertiary/aromatic N) is 1. The Morgan fingerprint density at radius 1 is 1.18 bits per heavy atom. The van der Waals surface area contributed by atoms with Gasteiger partial charge in [-0.15, -0.1) is 0 Å². The third kappa shape index (κ3) is 5.46. The molecule has 2 aliphatic rings. The molecule has 0 spiro atoms. The van der Waals surface area contributed by atoms with E-state index in [0.717, 1.165) is 32.3 Å². The summed E-state index contributed by atoms with van der Waals surface area (Å²) in [4.78, 5) is 25.7. The first-order valence-electron chi connectivity index (χ1n) is 8.10. The molecule has 0 aliphatic carbocycles. The van der Waals surface area contributed by atoms with Gasteiger partial charge in [-0.2, -0.15) is 0 Å². The molecule has 2 aliphatic heterocycles. The molecule has 0 aromatic carbocycles. The summed E-state index contributed by atoms with van der Waals surface area (Å²) in [6.45, 7) is 3.23. The zero-order chi connectivity index (χ0) is 15.8. The van der Waals surface area contributed by atoms with Crippen molar-refractivity contribution < 1.29 is 19.1 Å². The maximum atomic E-state index is 12.0. The van der Waals surface area contributed by atoms with E-state index in [9.17, 15) is 9.59 Å². The molecule has 0 bridgehead atoms. The maximum absolute atomic E-state index is 12.0. The zero-order valence-corrected chi connectivity index (χ0v) is 13.3. The largest absolute Gasteiger partial charge is 0.384 e. The molecule has 0 saturated carbocycles. The molecule has 0 aromatic rings. The standard InChI is InChI=1S/C15H27N3O4/c1-21-10-6-14(19)18-7-4-12(5-8-18)16-15(20)17-13-3-2-9-22-11-13/h12-13H,2-11H2,1H3,(H2,16,17,20)/t13-/m1/s1. The lowest BCUT2D eigenvalue weighted by Gasteiger charge is -2.33. The molecule has 7 heteroatoms. The van der Waals surface area contributed by atoms with Crippen molar-refractivity contribution in [3.63, 3.8) is 0 Å². The highest BCUT2D eigenvalue weighted by Gasteiger charge is 2.24. The number of carbonyl (C=O) groups excluding carboxylic acids is 2. The molecule has 3 amide bonds. The molecule has 2 saturated heterocycles. The summed E-state index contributed by atoms with van der Waals surface area (Å²) in [5.74, 6) is 0.129. The number of ether oxygens (including phenoxy) is 2. The fourth-order valence-corrected chi connectivity index (χ4v) is 2.89. The summed E-state index contributed by atoms with van der Waals surface area (Å²) < 4.78 is 10.3. The number of nitrogens with one attached hydrogen (secondary N) is 2. The molecular weight excluding hydrogens is 286 g/mol. The minimum atomic E-state index is -0.125. The van der Waals surface area contributed by atoms with Gasteiger partial charge < -0.3 is 25.0 Å². The molecule has 0 aromatic heterocycles. The van der Waals surface area contributed by atoms with Gasteiger partial charge in [0.1, 0.15) is 0 Å². The fourth-order valence-electron chi connectivity index (χ4n) is 2.89. The Bertz CT molecular complexity index is 364. The monoisotopic (exact) mass is 313 g/mol. The molecule has 22 heavy (non-hydrogen) atoms. The molecule has 2 N–H and O–H groups in total. The Morgan fingerprint density at radius 3 is 2.55 bits per heavy atom. The number of piperidine rings is 1. The van der Waals surface area contributed by atoms with Gasteiger partial charge in [-0.05, 0) is 25.7 Å². The van der Waals surface area contributed by atoms with Crippen molar-refractivity contribution in [3.8, 4) is 0 Å². The molecule has 0 radical (unpaired) electrons. The van der Waals surface area contributed by atoms with Gasteiger partial charge in [0.2, 0.25) is 5.91 Å². The van der Waals surface area contributed by atoms with Gasteiger partial charge in [0.05, 0.1) is 25.7 Å². The van der Waals surface area contributed by atoms with Crippen LogP contribution >= 0.6 is 0 Å². The first kappa shape index (κ1) is 17.0. The fraction of sp³-hybridized carbons (Fsp3) is 0.867. The Morgan fingerprint density at radius 2 is 1.91 bits per heavy atom. The van der Waals surface area contributed by atoms with E-state index in [1.807, 2.05) is 4.90 Å². The molecule has 126 valence electrons. The highest BCUT2D eigenvalue weighted by atomic mass is 16.5. The highest BCUT2D eigenvalue weighted by molar-refractivity contribution is 5.76. The minimum Gasteiger partial charge on any atom is -0.384 e. The second kappa shape index (κ2) is 8.95. The van der Waals surface area contributed by atoms with Crippen LogP contribution in [0.25, 0.3) is 0 Å². The molecule has 2 heterocycles. The van der Waals surface area contributed by atoms with Crippen molar-refractivity contribution >= 4 is 11.9 Å². The van der Waals surface area contributed by atoms with Crippen molar-refractivity contribution in [1.82, 2.24) is 15.5 Å². The van der Waals surface area contributed by atoms with E-state index in [2.05, 4.69) is 10.6 Å². The Labute approximate surface area is 131 Å². The van der Waals surface area contributed by atoms with Crippen LogP contribution in [0.1, 0.15) is 32.1 Å². The van der Waals surface area contributed by atoms with Crippen LogP contribution in [0, 0.1) is 0 Å². The summed E-state index contributed by atoms with van der Waals surface area (Å²) in [7, 11) is 1.60. The SMILES string of the molecule is COCCC(=O)N1CCC(NC(=O)N[C@@H]2CCCOC2)CC1. The van der Waals surface area contributed by atoms with Crippen LogP contribution in [0.3, 0.4) is 0 Å². The van der Waals surface area contributed by atoms with E-state index in [1.54, 1.807) is 7.11 Å². The van der Waals surface area contributed by atoms with Crippen molar-refractivity contribution in [1.29, 1.82) is 0 Å².